The molecule has 0 rings (SSSR count). The van der Waals surface area contributed by atoms with Gasteiger partial charge in [0.15, 0.2) is 0 Å². The predicted molar refractivity (Wildman–Crippen MR) is 67.9 cm³/mol. The minimum absolute atomic E-state index is 0.304. The highest BCUT2D eigenvalue weighted by Gasteiger charge is 1.94. The van der Waals surface area contributed by atoms with E-state index in [0.717, 1.165) is 6.42 Å². The average molecular weight is 231 g/mol. The number of unbranched alkanes of at least 4 members (excludes halogenated alkanes) is 7. The molecule has 0 fully saturated rings. The lowest BCUT2D eigenvalue weighted by molar-refractivity contribution is -0.341. The Morgan fingerprint density at radius 1 is 0.875 bits per heavy atom. The van der Waals surface area contributed by atoms with Gasteiger partial charge >= 0.3 is 0 Å². The van der Waals surface area contributed by atoms with Gasteiger partial charge in [0.1, 0.15) is 0 Å². The maximum absolute atomic E-state index is 4.98. The molecular formula is C13H29NO2. The molecule has 0 aromatic heterocycles. The van der Waals surface area contributed by atoms with Crippen molar-refractivity contribution in [2.24, 2.45) is 0 Å². The van der Waals surface area contributed by atoms with Gasteiger partial charge in [-0.1, -0.05) is 51.9 Å². The van der Waals surface area contributed by atoms with Gasteiger partial charge in [-0.05, 0) is 20.3 Å². The summed E-state index contributed by atoms with van der Waals surface area (Å²) in [7, 11) is 0. The van der Waals surface area contributed by atoms with E-state index in [1.54, 1.807) is 0 Å². The molecule has 0 bridgehead atoms. The number of rotatable bonds is 12. The Bertz CT molecular complexity index is 129. The van der Waals surface area contributed by atoms with E-state index in [-0.39, 0.29) is 0 Å². The van der Waals surface area contributed by atoms with E-state index in [9.17, 15) is 0 Å². The summed E-state index contributed by atoms with van der Waals surface area (Å²) >= 11 is 0. The minimum atomic E-state index is 0.304. The molecule has 0 amide bonds. The molecule has 0 aromatic carbocycles. The molecule has 3 nitrogen and oxygen atoms in total. The molecule has 0 aromatic rings. The van der Waals surface area contributed by atoms with Crippen molar-refractivity contribution in [3.8, 4) is 0 Å². The Hall–Kier alpha value is -0.120. The van der Waals surface area contributed by atoms with Gasteiger partial charge in [-0.15, -0.1) is 4.99 Å². The van der Waals surface area contributed by atoms with Crippen LogP contribution in [0.5, 0.6) is 0 Å². The van der Waals surface area contributed by atoms with Crippen LogP contribution in [0.4, 0.5) is 0 Å². The minimum Gasteiger partial charge on any atom is -0.218 e. The summed E-state index contributed by atoms with van der Waals surface area (Å²) in [5.41, 5.74) is 2.75. The van der Waals surface area contributed by atoms with Crippen LogP contribution in [0.25, 0.3) is 0 Å². The fraction of sp³-hybridized carbons (Fsp3) is 1.00. The number of nitrogens with one attached hydrogen (secondary N) is 1. The van der Waals surface area contributed by atoms with Gasteiger partial charge in [0.2, 0.25) is 0 Å². The molecule has 0 aliphatic heterocycles. The molecule has 3 heteroatoms. The summed E-state index contributed by atoms with van der Waals surface area (Å²) in [5, 5.41) is 0. The van der Waals surface area contributed by atoms with Gasteiger partial charge < -0.3 is 0 Å². The smallest absolute Gasteiger partial charge is 0.0842 e. The first kappa shape index (κ1) is 15.9. The van der Waals surface area contributed by atoms with Gasteiger partial charge in [-0.2, -0.15) is 5.48 Å². The third-order valence-electron chi connectivity index (χ3n) is 2.42. The fourth-order valence-corrected chi connectivity index (χ4v) is 1.47. The van der Waals surface area contributed by atoms with Crippen LogP contribution in [0.15, 0.2) is 0 Å². The summed E-state index contributed by atoms with van der Waals surface area (Å²) < 4.78 is 0. The Labute approximate surface area is 101 Å². The number of hydrogen-bond acceptors (Lipinski definition) is 3. The standard InChI is InChI=1S/C13H29NO2/c1-4-5-6-7-8-9-10-11-12-15-16-14-13(2)3/h13-14H,4-12H2,1-3H3. The molecule has 1 N–H and O–H groups in total. The second kappa shape index (κ2) is 12.9. The Balaban J connectivity index is 2.88. The SMILES string of the molecule is CCCCCCCCCCOONC(C)C. The lowest BCUT2D eigenvalue weighted by Crippen LogP contribution is -2.23. The highest BCUT2D eigenvalue weighted by molar-refractivity contribution is 4.45. The number of hydrogen-bond donors (Lipinski definition) is 1. The molecule has 0 heterocycles. The van der Waals surface area contributed by atoms with Crippen LogP contribution in [0.3, 0.4) is 0 Å². The van der Waals surface area contributed by atoms with Gasteiger partial charge in [-0.3, -0.25) is 0 Å². The third-order valence-corrected chi connectivity index (χ3v) is 2.42. The highest BCUT2D eigenvalue weighted by Crippen LogP contribution is 2.08. The summed E-state index contributed by atoms with van der Waals surface area (Å²) in [5.74, 6) is 0. The normalized spacial score (nSPS) is 11.2. The van der Waals surface area contributed by atoms with Crippen molar-refractivity contribution in [1.29, 1.82) is 0 Å². The lowest BCUT2D eigenvalue weighted by atomic mass is 10.1. The predicted octanol–water partition coefficient (Wildman–Crippen LogP) is 3.99. The van der Waals surface area contributed by atoms with Crippen molar-refractivity contribution >= 4 is 0 Å². The van der Waals surface area contributed by atoms with Crippen LogP contribution >= 0.6 is 0 Å². The third kappa shape index (κ3) is 13.9. The van der Waals surface area contributed by atoms with Gasteiger partial charge in [0.25, 0.3) is 0 Å². The fourth-order valence-electron chi connectivity index (χ4n) is 1.47. The van der Waals surface area contributed by atoms with Crippen LogP contribution < -0.4 is 5.48 Å². The molecule has 0 saturated heterocycles. The molecule has 0 spiro atoms. The van der Waals surface area contributed by atoms with Crippen molar-refractivity contribution in [3.63, 3.8) is 0 Å². The van der Waals surface area contributed by atoms with Crippen molar-refractivity contribution < 1.29 is 9.88 Å². The Morgan fingerprint density at radius 2 is 1.44 bits per heavy atom. The average Bonchev–Trinajstić information content (AvgIpc) is 2.25. The van der Waals surface area contributed by atoms with Gasteiger partial charge in [-0.25, -0.2) is 4.89 Å². The van der Waals surface area contributed by atoms with Crippen molar-refractivity contribution in [2.75, 3.05) is 6.61 Å². The van der Waals surface area contributed by atoms with Crippen molar-refractivity contribution in [2.45, 2.75) is 78.2 Å². The molecule has 98 valence electrons. The van der Waals surface area contributed by atoms with E-state index in [2.05, 4.69) is 12.4 Å². The van der Waals surface area contributed by atoms with Crippen LogP contribution in [0, 0.1) is 0 Å². The van der Waals surface area contributed by atoms with Crippen molar-refractivity contribution in [3.05, 3.63) is 0 Å². The van der Waals surface area contributed by atoms with Crippen LogP contribution in [0.2, 0.25) is 0 Å². The van der Waals surface area contributed by atoms with Crippen LogP contribution in [-0.4, -0.2) is 12.6 Å². The zero-order valence-corrected chi connectivity index (χ0v) is 11.3. The molecule has 0 unspecified atom stereocenters. The first-order valence-corrected chi connectivity index (χ1v) is 6.81. The van der Waals surface area contributed by atoms with E-state index in [0.29, 0.717) is 12.6 Å². The molecule has 0 aliphatic rings. The molecule has 0 aliphatic carbocycles. The van der Waals surface area contributed by atoms with Gasteiger partial charge in [0.05, 0.1) is 6.61 Å². The van der Waals surface area contributed by atoms with E-state index >= 15 is 0 Å². The van der Waals surface area contributed by atoms with E-state index in [1.807, 2.05) is 13.8 Å². The lowest BCUT2D eigenvalue weighted by Gasteiger charge is -2.07. The molecular weight excluding hydrogens is 202 g/mol. The second-order valence-corrected chi connectivity index (χ2v) is 4.65. The molecule has 0 saturated carbocycles. The molecule has 16 heavy (non-hydrogen) atoms. The van der Waals surface area contributed by atoms with E-state index in [1.165, 1.54) is 44.9 Å². The van der Waals surface area contributed by atoms with Gasteiger partial charge in [0, 0.05) is 6.04 Å². The second-order valence-electron chi connectivity index (χ2n) is 4.65. The Kier molecular flexibility index (Phi) is 12.9. The monoisotopic (exact) mass is 231 g/mol. The van der Waals surface area contributed by atoms with Crippen molar-refractivity contribution in [1.82, 2.24) is 5.48 Å². The maximum atomic E-state index is 4.98. The van der Waals surface area contributed by atoms with E-state index < -0.39 is 0 Å². The zero-order chi connectivity index (χ0) is 12.1. The van der Waals surface area contributed by atoms with Crippen LogP contribution in [-0.2, 0) is 9.88 Å². The summed E-state index contributed by atoms with van der Waals surface area (Å²) in [4.78, 5) is 9.78. The molecule has 0 atom stereocenters. The van der Waals surface area contributed by atoms with Crippen LogP contribution in [0.1, 0.15) is 72.1 Å². The largest absolute Gasteiger partial charge is 0.218 e. The quantitative estimate of drug-likeness (QED) is 0.313. The zero-order valence-electron chi connectivity index (χ0n) is 11.3. The summed E-state index contributed by atoms with van der Waals surface area (Å²) in [6.45, 7) is 6.97. The highest BCUT2D eigenvalue weighted by atomic mass is 17.3. The maximum Gasteiger partial charge on any atom is 0.0842 e. The topological polar surface area (TPSA) is 30.5 Å². The molecule has 0 radical (unpaired) electrons. The summed E-state index contributed by atoms with van der Waals surface area (Å²) in [6, 6.07) is 0.304. The first-order chi connectivity index (χ1) is 7.77. The van der Waals surface area contributed by atoms with E-state index in [4.69, 9.17) is 9.88 Å². The summed E-state index contributed by atoms with van der Waals surface area (Å²) in [6.07, 6.45) is 10.5. The Morgan fingerprint density at radius 3 is 2.00 bits per heavy atom. The first-order valence-electron chi connectivity index (χ1n) is 6.81. The number of hydroxylamine groups is 1.